The Morgan fingerprint density at radius 3 is 2.77 bits per heavy atom. The standard InChI is InChI=1S/C21H16BrFN4O2S/c1-12-19(13-2-5-15(23)6-3-13)26-21(30-12)25-18(28)8-9-27-11-24-17-7-4-14(22)10-16(17)20(27)29/h2-7,10-11H,8-9H2,1H3,(H,25,26,28). The number of aryl methyl sites for hydroxylation is 2. The van der Waals surface area contributed by atoms with Crippen LogP contribution in [-0.2, 0) is 11.3 Å². The molecule has 0 unspecified atom stereocenters. The van der Waals surface area contributed by atoms with E-state index in [1.54, 1.807) is 24.3 Å². The summed E-state index contributed by atoms with van der Waals surface area (Å²) >= 11 is 4.70. The molecule has 2 aromatic heterocycles. The molecule has 9 heteroatoms. The Morgan fingerprint density at radius 1 is 1.23 bits per heavy atom. The fourth-order valence-electron chi connectivity index (χ4n) is 3.02. The van der Waals surface area contributed by atoms with Crippen LogP contribution in [0.5, 0.6) is 0 Å². The molecule has 0 fully saturated rings. The van der Waals surface area contributed by atoms with Crippen LogP contribution in [0, 0.1) is 12.7 Å². The first-order valence-corrected chi connectivity index (χ1v) is 10.7. The maximum absolute atomic E-state index is 13.1. The summed E-state index contributed by atoms with van der Waals surface area (Å²) in [6, 6.07) is 11.4. The highest BCUT2D eigenvalue weighted by atomic mass is 79.9. The van der Waals surface area contributed by atoms with Crippen molar-refractivity contribution < 1.29 is 9.18 Å². The van der Waals surface area contributed by atoms with Crippen molar-refractivity contribution in [2.24, 2.45) is 0 Å². The minimum Gasteiger partial charge on any atom is -0.302 e. The molecule has 30 heavy (non-hydrogen) atoms. The largest absolute Gasteiger partial charge is 0.302 e. The van der Waals surface area contributed by atoms with E-state index in [2.05, 4.69) is 31.2 Å². The lowest BCUT2D eigenvalue weighted by Crippen LogP contribution is -2.23. The highest BCUT2D eigenvalue weighted by molar-refractivity contribution is 9.10. The summed E-state index contributed by atoms with van der Waals surface area (Å²) in [5.41, 5.74) is 1.90. The van der Waals surface area contributed by atoms with Gasteiger partial charge < -0.3 is 5.32 Å². The number of hydrogen-bond donors (Lipinski definition) is 1. The zero-order valence-electron chi connectivity index (χ0n) is 15.9. The number of thiazole rings is 1. The molecule has 2 aromatic carbocycles. The third-order valence-corrected chi connectivity index (χ3v) is 5.91. The van der Waals surface area contributed by atoms with Gasteiger partial charge in [-0.05, 0) is 49.4 Å². The summed E-state index contributed by atoms with van der Waals surface area (Å²) in [5, 5.41) is 3.73. The van der Waals surface area contributed by atoms with Crippen molar-refractivity contribution in [3.05, 3.63) is 74.3 Å². The molecule has 0 aliphatic heterocycles. The monoisotopic (exact) mass is 486 g/mol. The highest BCUT2D eigenvalue weighted by Gasteiger charge is 2.13. The molecule has 0 radical (unpaired) electrons. The van der Waals surface area contributed by atoms with Gasteiger partial charge in [-0.2, -0.15) is 0 Å². The summed E-state index contributed by atoms with van der Waals surface area (Å²) in [5.74, 6) is -0.568. The normalized spacial score (nSPS) is 11.0. The quantitative estimate of drug-likeness (QED) is 0.441. The predicted octanol–water partition coefficient (Wildman–Crippen LogP) is 4.76. The summed E-state index contributed by atoms with van der Waals surface area (Å²) in [7, 11) is 0. The number of fused-ring (bicyclic) bond motifs is 1. The van der Waals surface area contributed by atoms with Gasteiger partial charge in [0.15, 0.2) is 5.13 Å². The number of halogens is 2. The van der Waals surface area contributed by atoms with Crippen molar-refractivity contribution in [2.75, 3.05) is 5.32 Å². The van der Waals surface area contributed by atoms with Crippen LogP contribution in [0.1, 0.15) is 11.3 Å². The van der Waals surface area contributed by atoms with Gasteiger partial charge >= 0.3 is 0 Å². The summed E-state index contributed by atoms with van der Waals surface area (Å²) in [6.45, 7) is 2.10. The summed E-state index contributed by atoms with van der Waals surface area (Å²) in [4.78, 5) is 34.6. The number of carbonyl (C=O) groups is 1. The van der Waals surface area contributed by atoms with Gasteiger partial charge in [0.25, 0.3) is 5.56 Å². The van der Waals surface area contributed by atoms with Crippen LogP contribution in [0.15, 0.2) is 58.1 Å². The number of aromatic nitrogens is 3. The van der Waals surface area contributed by atoms with E-state index >= 15 is 0 Å². The Labute approximate surface area is 183 Å². The van der Waals surface area contributed by atoms with E-state index in [0.29, 0.717) is 21.7 Å². The van der Waals surface area contributed by atoms with Crippen molar-refractivity contribution in [1.82, 2.24) is 14.5 Å². The van der Waals surface area contributed by atoms with Gasteiger partial charge in [-0.25, -0.2) is 14.4 Å². The fraction of sp³-hybridized carbons (Fsp3) is 0.143. The van der Waals surface area contributed by atoms with Gasteiger partial charge in [0.2, 0.25) is 5.91 Å². The zero-order valence-corrected chi connectivity index (χ0v) is 18.3. The molecule has 4 rings (SSSR count). The average Bonchev–Trinajstić information content (AvgIpc) is 3.08. The Hall–Kier alpha value is -2.91. The first-order chi connectivity index (χ1) is 14.4. The second-order valence-electron chi connectivity index (χ2n) is 6.63. The first-order valence-electron chi connectivity index (χ1n) is 9.08. The lowest BCUT2D eigenvalue weighted by molar-refractivity contribution is -0.116. The van der Waals surface area contributed by atoms with Crippen LogP contribution < -0.4 is 10.9 Å². The lowest BCUT2D eigenvalue weighted by Gasteiger charge is -2.07. The van der Waals surface area contributed by atoms with Gasteiger partial charge in [0, 0.05) is 27.9 Å². The molecule has 0 bridgehead atoms. The Balaban J connectivity index is 1.45. The fourth-order valence-corrected chi connectivity index (χ4v) is 4.23. The minimum atomic E-state index is -0.314. The van der Waals surface area contributed by atoms with Crippen LogP contribution in [0.25, 0.3) is 22.2 Å². The number of rotatable bonds is 5. The molecule has 152 valence electrons. The van der Waals surface area contributed by atoms with E-state index in [1.165, 1.54) is 34.4 Å². The van der Waals surface area contributed by atoms with Crippen molar-refractivity contribution >= 4 is 49.2 Å². The Kier molecular flexibility index (Phi) is 5.74. The molecule has 0 atom stereocenters. The van der Waals surface area contributed by atoms with E-state index in [1.807, 2.05) is 13.0 Å². The molecule has 4 aromatic rings. The van der Waals surface area contributed by atoms with Crippen molar-refractivity contribution in [3.63, 3.8) is 0 Å². The van der Waals surface area contributed by atoms with Gasteiger partial charge in [-0.1, -0.05) is 15.9 Å². The van der Waals surface area contributed by atoms with Gasteiger partial charge in [0.05, 0.1) is 22.9 Å². The lowest BCUT2D eigenvalue weighted by atomic mass is 10.1. The minimum absolute atomic E-state index is 0.103. The highest BCUT2D eigenvalue weighted by Crippen LogP contribution is 2.30. The molecular weight excluding hydrogens is 471 g/mol. The molecule has 1 N–H and O–H groups in total. The second-order valence-corrected chi connectivity index (χ2v) is 8.75. The number of anilines is 1. The van der Waals surface area contributed by atoms with E-state index in [9.17, 15) is 14.0 Å². The summed E-state index contributed by atoms with van der Waals surface area (Å²) in [6.07, 6.45) is 1.55. The number of benzene rings is 2. The van der Waals surface area contributed by atoms with Gasteiger partial charge in [0.1, 0.15) is 5.82 Å². The molecule has 1 amide bonds. The zero-order chi connectivity index (χ0) is 21.3. The first kappa shape index (κ1) is 20.4. The molecule has 0 saturated heterocycles. The molecule has 0 aliphatic carbocycles. The Morgan fingerprint density at radius 2 is 2.00 bits per heavy atom. The van der Waals surface area contributed by atoms with Crippen molar-refractivity contribution in [3.8, 4) is 11.3 Å². The average molecular weight is 487 g/mol. The number of carbonyl (C=O) groups excluding carboxylic acids is 1. The molecule has 2 heterocycles. The van der Waals surface area contributed by atoms with Crippen molar-refractivity contribution in [2.45, 2.75) is 19.9 Å². The van der Waals surface area contributed by atoms with E-state index in [4.69, 9.17) is 0 Å². The van der Waals surface area contributed by atoms with Crippen LogP contribution in [0.3, 0.4) is 0 Å². The third kappa shape index (κ3) is 4.31. The molecule has 0 aliphatic rings. The van der Waals surface area contributed by atoms with E-state index in [-0.39, 0.29) is 30.2 Å². The summed E-state index contributed by atoms with van der Waals surface area (Å²) < 4.78 is 15.3. The van der Waals surface area contributed by atoms with Crippen LogP contribution >= 0.6 is 27.3 Å². The number of nitrogens with zero attached hydrogens (tertiary/aromatic N) is 3. The SMILES string of the molecule is Cc1sc(NC(=O)CCn2cnc3ccc(Br)cc3c2=O)nc1-c1ccc(F)cc1. The Bertz CT molecular complexity index is 1300. The van der Waals surface area contributed by atoms with E-state index in [0.717, 1.165) is 14.9 Å². The number of amides is 1. The van der Waals surface area contributed by atoms with Crippen molar-refractivity contribution in [1.29, 1.82) is 0 Å². The number of hydrogen-bond acceptors (Lipinski definition) is 5. The maximum Gasteiger partial charge on any atom is 0.261 e. The molecule has 0 spiro atoms. The van der Waals surface area contributed by atoms with Crippen LogP contribution in [0.4, 0.5) is 9.52 Å². The molecule has 0 saturated carbocycles. The predicted molar refractivity (Wildman–Crippen MR) is 119 cm³/mol. The second kappa shape index (κ2) is 8.45. The third-order valence-electron chi connectivity index (χ3n) is 4.53. The maximum atomic E-state index is 13.1. The van der Waals surface area contributed by atoms with Gasteiger partial charge in [-0.3, -0.25) is 14.2 Å². The molecular formula is C21H16BrFN4O2S. The van der Waals surface area contributed by atoms with Gasteiger partial charge in [-0.15, -0.1) is 11.3 Å². The van der Waals surface area contributed by atoms with Crippen LogP contribution in [0.2, 0.25) is 0 Å². The molecule has 6 nitrogen and oxygen atoms in total. The topological polar surface area (TPSA) is 76.9 Å². The van der Waals surface area contributed by atoms with Crippen LogP contribution in [-0.4, -0.2) is 20.4 Å². The van der Waals surface area contributed by atoms with E-state index < -0.39 is 0 Å². The number of nitrogens with one attached hydrogen (secondary N) is 1. The smallest absolute Gasteiger partial charge is 0.261 e.